The summed E-state index contributed by atoms with van der Waals surface area (Å²) in [5.41, 5.74) is 0.348. The number of hydrogen-bond acceptors (Lipinski definition) is 13. The molecule has 19 heteroatoms. The van der Waals surface area contributed by atoms with Gasteiger partial charge in [0.15, 0.2) is 0 Å². The van der Waals surface area contributed by atoms with Crippen molar-refractivity contribution in [3.63, 3.8) is 0 Å². The van der Waals surface area contributed by atoms with Crippen molar-refractivity contribution >= 4 is 53.4 Å². The molecule has 1 spiro atoms. The highest BCUT2D eigenvalue weighted by Gasteiger charge is 2.72. The van der Waals surface area contributed by atoms with Gasteiger partial charge in [0, 0.05) is 33.0 Å². The molecule has 11 atom stereocenters. The Labute approximate surface area is 389 Å². The number of nitrogens with zero attached hydrogens (tertiary/aromatic N) is 1. The van der Waals surface area contributed by atoms with Gasteiger partial charge >= 0.3 is 12.1 Å². The molecule has 5 N–H and O–H groups in total. The van der Waals surface area contributed by atoms with E-state index >= 15 is 0 Å². The second-order valence-electron chi connectivity index (χ2n) is 19.3. The predicted octanol–water partition coefficient (Wildman–Crippen LogP) is 3.15. The maximum absolute atomic E-state index is 13.4. The highest BCUT2D eigenvalue weighted by atomic mass is 32.2. The molecule has 368 valence electrons. The number of thioether (sulfide) groups is 1. The number of esters is 1. The molecule has 0 aromatic carbocycles. The third-order valence-corrected chi connectivity index (χ3v) is 13.6. The minimum atomic E-state index is -1.10. The number of epoxide rings is 2. The van der Waals surface area contributed by atoms with Crippen LogP contribution in [0.15, 0.2) is 11.6 Å². The fourth-order valence-electron chi connectivity index (χ4n) is 9.14. The molecule has 4 fully saturated rings. The largest absolute Gasteiger partial charge is 0.462 e. The zero-order valence-electron chi connectivity index (χ0n) is 40.4. The molecule has 3 saturated heterocycles. The second kappa shape index (κ2) is 24.2. The first-order valence-corrected chi connectivity index (χ1v) is 24.6. The number of alkyl carbamates (subject to hydrolysis) is 1. The highest BCUT2D eigenvalue weighted by molar-refractivity contribution is 7.98. The van der Waals surface area contributed by atoms with Gasteiger partial charge in [0.05, 0.1) is 31.2 Å². The summed E-state index contributed by atoms with van der Waals surface area (Å²) in [6, 6.07) is -3.88. The van der Waals surface area contributed by atoms with Gasteiger partial charge in [0.1, 0.15) is 48.1 Å². The molecule has 0 aromatic rings. The molecule has 65 heavy (non-hydrogen) atoms. The first-order valence-electron chi connectivity index (χ1n) is 23.2. The summed E-state index contributed by atoms with van der Waals surface area (Å²) >= 11 is 1.47. The first-order chi connectivity index (χ1) is 30.6. The van der Waals surface area contributed by atoms with Gasteiger partial charge in [-0.1, -0.05) is 39.3 Å². The van der Waals surface area contributed by atoms with Crippen LogP contribution in [-0.2, 0) is 52.5 Å². The fourth-order valence-corrected chi connectivity index (χ4v) is 9.61. The van der Waals surface area contributed by atoms with Gasteiger partial charge in [-0.2, -0.15) is 11.8 Å². The molecule has 18 nitrogen and oxygen atoms in total. The van der Waals surface area contributed by atoms with E-state index in [0.29, 0.717) is 44.6 Å². The van der Waals surface area contributed by atoms with Gasteiger partial charge in [-0.15, -0.1) is 0 Å². The number of rotatable bonds is 24. The highest BCUT2D eigenvalue weighted by Crippen LogP contribution is 2.59. The quantitative estimate of drug-likeness (QED) is 0.0533. The SMILES string of the molecule is CO[C@@H]1[C@H](OC(=O)N[C@@H](COC(=O)[C@H](C)NC(=O)[C@H](CCSC)NC(=O)CNC(=O)[C@H](CC(C)C)NC(=O)C[C@@H]2CCCN2C(C)=O)C(C)C)CC[C@]2(CO2)[C@H]1[C@@]1(C)O[C@@H]1CC=C(C)C. The minimum Gasteiger partial charge on any atom is -0.462 e. The smallest absolute Gasteiger partial charge is 0.407 e. The van der Waals surface area contributed by atoms with Gasteiger partial charge in [-0.05, 0) is 96.5 Å². The zero-order valence-corrected chi connectivity index (χ0v) is 41.2. The minimum absolute atomic E-state index is 0.00591. The van der Waals surface area contributed by atoms with Crippen molar-refractivity contribution in [1.29, 1.82) is 0 Å². The predicted molar refractivity (Wildman–Crippen MR) is 244 cm³/mol. The normalized spacial score (nSPS) is 27.5. The Morgan fingerprint density at radius 3 is 2.22 bits per heavy atom. The first kappa shape index (κ1) is 53.7. The summed E-state index contributed by atoms with van der Waals surface area (Å²) in [5.74, 6) is -2.74. The Kier molecular flexibility index (Phi) is 20.0. The van der Waals surface area contributed by atoms with Crippen LogP contribution in [0.5, 0.6) is 0 Å². The molecule has 4 aliphatic rings. The lowest BCUT2D eigenvalue weighted by Crippen LogP contribution is -2.56. The van der Waals surface area contributed by atoms with Crippen LogP contribution in [0.3, 0.4) is 0 Å². The maximum Gasteiger partial charge on any atom is 0.407 e. The van der Waals surface area contributed by atoms with E-state index in [2.05, 4.69) is 53.4 Å². The standard InChI is InChI=1S/C46H76N6O12S/c1-26(2)14-15-36-45(9,64-36)40-39(60-10)35(16-18-46(40)25-62-46)63-44(59)51-34(28(5)6)24-61-43(58)29(7)48-42(57)32(17-20-65-11)49-38(55)23-47-41(56)33(21-27(3)4)50-37(54)22-31-13-12-19-52(31)30(8)53/h14,27-29,31-36,39-40H,12-13,15-25H2,1-11H3,(H,47,56)(H,48,57)(H,49,55)(H,50,54)(H,51,59)/t29-,31-,32-,33-,34-,35+,36+,39+,40+,45-,46-/m0/s1. The lowest BCUT2D eigenvalue weighted by Gasteiger charge is -2.42. The molecule has 0 unspecified atom stereocenters. The Bertz CT molecular complexity index is 1720. The summed E-state index contributed by atoms with van der Waals surface area (Å²) in [7, 11) is 1.61. The number of methoxy groups -OCH3 is 1. The average molecular weight is 937 g/mol. The third kappa shape index (κ3) is 15.3. The van der Waals surface area contributed by atoms with E-state index in [1.165, 1.54) is 31.2 Å². The molecule has 0 radical (unpaired) electrons. The van der Waals surface area contributed by atoms with Crippen LogP contribution in [0, 0.1) is 17.8 Å². The van der Waals surface area contributed by atoms with Gasteiger partial charge in [0.2, 0.25) is 29.5 Å². The summed E-state index contributed by atoms with van der Waals surface area (Å²) in [4.78, 5) is 92.9. The van der Waals surface area contributed by atoms with Crippen molar-refractivity contribution < 1.29 is 57.2 Å². The van der Waals surface area contributed by atoms with Crippen molar-refractivity contribution in [3.8, 4) is 0 Å². The van der Waals surface area contributed by atoms with Crippen LogP contribution >= 0.6 is 11.8 Å². The maximum atomic E-state index is 13.4. The average Bonchev–Trinajstić information content (AvgIpc) is 4.10. The molecule has 1 saturated carbocycles. The van der Waals surface area contributed by atoms with Crippen LogP contribution in [0.4, 0.5) is 4.79 Å². The number of carbonyl (C=O) groups excluding carboxylic acids is 7. The number of likely N-dealkylation sites (tertiary alicyclic amines) is 1. The molecule has 0 aromatic heterocycles. The Morgan fingerprint density at radius 1 is 0.923 bits per heavy atom. The van der Waals surface area contributed by atoms with Crippen molar-refractivity contribution in [2.45, 2.75) is 173 Å². The number of ether oxygens (including phenoxy) is 5. The molecular formula is C46H76N6O12S. The Balaban J connectivity index is 1.26. The van der Waals surface area contributed by atoms with E-state index in [1.807, 2.05) is 34.0 Å². The molecule has 0 bridgehead atoms. The van der Waals surface area contributed by atoms with E-state index in [-0.39, 0.29) is 66.8 Å². The summed E-state index contributed by atoms with van der Waals surface area (Å²) < 4.78 is 29.9. The van der Waals surface area contributed by atoms with Gasteiger partial charge in [0.25, 0.3) is 0 Å². The van der Waals surface area contributed by atoms with Crippen LogP contribution in [0.25, 0.3) is 0 Å². The van der Waals surface area contributed by atoms with E-state index in [0.717, 1.165) is 12.8 Å². The molecular weight excluding hydrogens is 861 g/mol. The van der Waals surface area contributed by atoms with Gasteiger partial charge in [-0.25, -0.2) is 9.59 Å². The number of carbonyl (C=O) groups is 7. The Morgan fingerprint density at radius 2 is 1.62 bits per heavy atom. The Hall–Kier alpha value is -3.94. The number of allylic oxidation sites excluding steroid dienone is 1. The van der Waals surface area contributed by atoms with E-state index in [9.17, 15) is 33.6 Å². The molecule has 3 aliphatic heterocycles. The van der Waals surface area contributed by atoms with E-state index < -0.39 is 78.3 Å². The monoisotopic (exact) mass is 937 g/mol. The van der Waals surface area contributed by atoms with Gasteiger partial charge in [-0.3, -0.25) is 24.0 Å². The molecule has 6 amide bonds. The van der Waals surface area contributed by atoms with Crippen LogP contribution in [0.2, 0.25) is 0 Å². The fraction of sp³-hybridized carbons (Fsp3) is 0.804. The van der Waals surface area contributed by atoms with Crippen molar-refractivity contribution in [1.82, 2.24) is 31.5 Å². The molecule has 4 rings (SSSR count). The van der Waals surface area contributed by atoms with Crippen LogP contribution in [-0.4, -0.2) is 152 Å². The summed E-state index contributed by atoms with van der Waals surface area (Å²) in [6.07, 6.45) is 6.49. The number of nitrogens with one attached hydrogen (secondary N) is 5. The van der Waals surface area contributed by atoms with Crippen molar-refractivity contribution in [2.75, 3.05) is 45.4 Å². The topological polar surface area (TPSA) is 236 Å². The van der Waals surface area contributed by atoms with E-state index in [4.69, 9.17) is 23.7 Å². The van der Waals surface area contributed by atoms with Crippen molar-refractivity contribution in [2.24, 2.45) is 17.8 Å². The van der Waals surface area contributed by atoms with Crippen LogP contribution in [0.1, 0.15) is 114 Å². The van der Waals surface area contributed by atoms with E-state index in [1.54, 1.807) is 12.0 Å². The number of amides is 6. The molecule has 1 aliphatic carbocycles. The lowest BCUT2D eigenvalue weighted by molar-refractivity contribution is -0.148. The van der Waals surface area contributed by atoms with Crippen molar-refractivity contribution in [3.05, 3.63) is 11.6 Å². The number of hydrogen-bond donors (Lipinski definition) is 5. The lowest BCUT2D eigenvalue weighted by atomic mass is 9.68. The van der Waals surface area contributed by atoms with Gasteiger partial charge < -0.3 is 55.2 Å². The summed E-state index contributed by atoms with van der Waals surface area (Å²) in [6.45, 7) is 17.2. The van der Waals surface area contributed by atoms with Crippen LogP contribution < -0.4 is 26.6 Å². The second-order valence-corrected chi connectivity index (χ2v) is 20.2. The summed E-state index contributed by atoms with van der Waals surface area (Å²) in [5, 5.41) is 13.5. The third-order valence-electron chi connectivity index (χ3n) is 13.0. The molecule has 3 heterocycles. The zero-order chi connectivity index (χ0) is 48.2.